The van der Waals surface area contributed by atoms with Gasteiger partial charge in [-0.25, -0.2) is 0 Å². The minimum Gasteiger partial charge on any atom is -0.368 e. The van der Waals surface area contributed by atoms with Gasteiger partial charge in [0.15, 0.2) is 5.82 Å². The Morgan fingerprint density at radius 3 is 2.56 bits per heavy atom. The average Bonchev–Trinajstić information content (AvgIpc) is 2.63. The number of aryl methyl sites for hydroxylation is 1. The van der Waals surface area contributed by atoms with Crippen molar-refractivity contribution in [3.05, 3.63) is 12.3 Å². The lowest BCUT2D eigenvalue weighted by atomic mass is 10.4. The third kappa shape index (κ3) is 1.79. The average molecular weight is 219 g/mol. The quantitative estimate of drug-likeness (QED) is 0.760. The van der Waals surface area contributed by atoms with E-state index in [0.29, 0.717) is 11.8 Å². The van der Waals surface area contributed by atoms with Crippen LogP contribution in [0.5, 0.6) is 0 Å². The summed E-state index contributed by atoms with van der Waals surface area (Å²) in [5.74, 6) is 1.26. The fourth-order valence-electron chi connectivity index (χ4n) is 1.29. The highest BCUT2D eigenvalue weighted by Crippen LogP contribution is 2.16. The molecule has 2 aromatic heterocycles. The van der Waals surface area contributed by atoms with Gasteiger partial charge in [0.2, 0.25) is 11.9 Å². The van der Waals surface area contributed by atoms with Gasteiger partial charge in [0.05, 0.1) is 0 Å². The third-order valence-electron chi connectivity index (χ3n) is 2.09. The topological polar surface area (TPSA) is 85.8 Å². The number of nitrogens with two attached hydrogens (primary N) is 1. The van der Waals surface area contributed by atoms with Crippen LogP contribution >= 0.6 is 0 Å². The molecule has 0 unspecified atom stereocenters. The monoisotopic (exact) mass is 219 g/mol. The summed E-state index contributed by atoms with van der Waals surface area (Å²) in [4.78, 5) is 14.2. The van der Waals surface area contributed by atoms with Gasteiger partial charge in [-0.2, -0.15) is 20.1 Å². The second-order valence-corrected chi connectivity index (χ2v) is 3.55. The maximum absolute atomic E-state index is 5.63. The summed E-state index contributed by atoms with van der Waals surface area (Å²) in [6.07, 6.45) is 1.69. The van der Waals surface area contributed by atoms with Gasteiger partial charge in [-0.05, 0) is 6.07 Å². The van der Waals surface area contributed by atoms with E-state index in [9.17, 15) is 0 Å². The maximum atomic E-state index is 5.63. The van der Waals surface area contributed by atoms with Gasteiger partial charge in [0.25, 0.3) is 0 Å². The summed E-state index contributed by atoms with van der Waals surface area (Å²) in [6, 6.07) is 1.83. The molecule has 0 fully saturated rings. The Kier molecular flexibility index (Phi) is 2.43. The number of hydrogen-bond donors (Lipinski definition) is 1. The van der Waals surface area contributed by atoms with Crippen LogP contribution in [0.2, 0.25) is 0 Å². The number of rotatable bonds is 2. The molecule has 0 aliphatic carbocycles. The first-order valence-electron chi connectivity index (χ1n) is 4.75. The van der Waals surface area contributed by atoms with E-state index in [1.165, 1.54) is 0 Å². The predicted molar refractivity (Wildman–Crippen MR) is 60.8 cm³/mol. The molecular weight excluding hydrogens is 206 g/mol. The summed E-state index contributed by atoms with van der Waals surface area (Å²) < 4.78 is 1.69. The summed E-state index contributed by atoms with van der Waals surface area (Å²) in [7, 11) is 5.52. The number of nitrogens with zero attached hydrogens (tertiary/aromatic N) is 6. The minimum atomic E-state index is 0.204. The Bertz CT molecular complexity index is 502. The Morgan fingerprint density at radius 1 is 1.25 bits per heavy atom. The van der Waals surface area contributed by atoms with Crippen LogP contribution in [0.15, 0.2) is 12.3 Å². The third-order valence-corrected chi connectivity index (χ3v) is 2.09. The van der Waals surface area contributed by atoms with Crippen LogP contribution in [-0.2, 0) is 7.05 Å². The van der Waals surface area contributed by atoms with E-state index in [0.717, 1.165) is 5.69 Å². The van der Waals surface area contributed by atoms with E-state index in [2.05, 4.69) is 20.1 Å². The van der Waals surface area contributed by atoms with Gasteiger partial charge in [0.1, 0.15) is 5.69 Å². The first-order chi connectivity index (χ1) is 7.58. The van der Waals surface area contributed by atoms with Crippen molar-refractivity contribution < 1.29 is 0 Å². The van der Waals surface area contributed by atoms with Gasteiger partial charge in [0, 0.05) is 27.3 Å². The van der Waals surface area contributed by atoms with Gasteiger partial charge in [-0.3, -0.25) is 4.68 Å². The SMILES string of the molecule is CN(C)c1nc(N)nc(-c2ccnn2C)n1. The smallest absolute Gasteiger partial charge is 0.230 e. The standard InChI is InChI=1S/C9H13N7/c1-15(2)9-13-7(12-8(10)14-9)6-4-5-11-16(6)3/h4-5H,1-3H3,(H2,10,12,13,14). The lowest BCUT2D eigenvalue weighted by Crippen LogP contribution is -2.15. The Morgan fingerprint density at radius 2 is 2.00 bits per heavy atom. The molecule has 0 saturated carbocycles. The molecule has 2 rings (SSSR count). The molecule has 0 aliphatic rings. The van der Waals surface area contributed by atoms with Crippen molar-refractivity contribution in [3.63, 3.8) is 0 Å². The first-order valence-corrected chi connectivity index (χ1v) is 4.75. The highest BCUT2D eigenvalue weighted by Gasteiger charge is 2.10. The second-order valence-electron chi connectivity index (χ2n) is 3.55. The highest BCUT2D eigenvalue weighted by atomic mass is 15.3. The summed E-state index contributed by atoms with van der Waals surface area (Å²) in [5.41, 5.74) is 6.44. The van der Waals surface area contributed by atoms with Crippen molar-refractivity contribution in [2.75, 3.05) is 24.7 Å². The number of hydrogen-bond acceptors (Lipinski definition) is 6. The molecule has 2 heterocycles. The fraction of sp³-hybridized carbons (Fsp3) is 0.333. The molecule has 0 atom stereocenters. The van der Waals surface area contributed by atoms with Crippen LogP contribution in [0, 0.1) is 0 Å². The van der Waals surface area contributed by atoms with E-state index in [-0.39, 0.29) is 5.95 Å². The highest BCUT2D eigenvalue weighted by molar-refractivity contribution is 5.53. The predicted octanol–water partition coefficient (Wildman–Crippen LogP) is -0.0797. The lowest BCUT2D eigenvalue weighted by molar-refractivity contribution is 0.768. The fourth-order valence-corrected chi connectivity index (χ4v) is 1.29. The molecule has 0 spiro atoms. The summed E-state index contributed by atoms with van der Waals surface area (Å²) in [6.45, 7) is 0. The van der Waals surface area contributed by atoms with Crippen molar-refractivity contribution >= 4 is 11.9 Å². The molecule has 0 saturated heterocycles. The van der Waals surface area contributed by atoms with E-state index < -0.39 is 0 Å². The van der Waals surface area contributed by atoms with Crippen LogP contribution in [0.3, 0.4) is 0 Å². The molecule has 0 radical (unpaired) electrons. The molecule has 84 valence electrons. The normalized spacial score (nSPS) is 10.4. The Hall–Kier alpha value is -2.18. The first kappa shape index (κ1) is 10.3. The molecule has 16 heavy (non-hydrogen) atoms. The van der Waals surface area contributed by atoms with Gasteiger partial charge in [-0.1, -0.05) is 0 Å². The minimum absolute atomic E-state index is 0.204. The van der Waals surface area contributed by atoms with Crippen molar-refractivity contribution in [2.45, 2.75) is 0 Å². The molecule has 0 amide bonds. The van der Waals surface area contributed by atoms with Crippen LogP contribution in [0.25, 0.3) is 11.5 Å². The molecule has 0 bridgehead atoms. The molecule has 7 heteroatoms. The van der Waals surface area contributed by atoms with Crippen LogP contribution in [0.1, 0.15) is 0 Å². The van der Waals surface area contributed by atoms with E-state index in [1.807, 2.05) is 27.2 Å². The molecule has 7 nitrogen and oxygen atoms in total. The van der Waals surface area contributed by atoms with Gasteiger partial charge in [-0.15, -0.1) is 0 Å². The summed E-state index contributed by atoms with van der Waals surface area (Å²) >= 11 is 0. The van der Waals surface area contributed by atoms with Gasteiger partial charge < -0.3 is 10.6 Å². The summed E-state index contributed by atoms with van der Waals surface area (Å²) in [5, 5.41) is 4.06. The molecular formula is C9H13N7. The Balaban J connectivity index is 2.54. The second kappa shape index (κ2) is 3.76. The molecule has 0 aliphatic heterocycles. The van der Waals surface area contributed by atoms with Crippen LogP contribution < -0.4 is 10.6 Å². The van der Waals surface area contributed by atoms with Crippen LogP contribution in [0.4, 0.5) is 11.9 Å². The van der Waals surface area contributed by atoms with Crippen LogP contribution in [-0.4, -0.2) is 38.8 Å². The Labute approximate surface area is 92.9 Å². The van der Waals surface area contributed by atoms with Crippen molar-refractivity contribution in [1.82, 2.24) is 24.7 Å². The zero-order valence-electron chi connectivity index (χ0n) is 9.42. The molecule has 2 N–H and O–H groups in total. The van der Waals surface area contributed by atoms with Crippen molar-refractivity contribution in [2.24, 2.45) is 7.05 Å². The van der Waals surface area contributed by atoms with Gasteiger partial charge >= 0.3 is 0 Å². The zero-order valence-corrected chi connectivity index (χ0v) is 9.42. The largest absolute Gasteiger partial charge is 0.368 e. The zero-order chi connectivity index (χ0) is 11.7. The maximum Gasteiger partial charge on any atom is 0.230 e. The molecule has 0 aromatic carbocycles. The lowest BCUT2D eigenvalue weighted by Gasteiger charge is -2.11. The van der Waals surface area contributed by atoms with E-state index >= 15 is 0 Å². The number of aromatic nitrogens is 5. The molecule has 2 aromatic rings. The van der Waals surface area contributed by atoms with Crippen molar-refractivity contribution in [1.29, 1.82) is 0 Å². The van der Waals surface area contributed by atoms with E-state index in [1.54, 1.807) is 15.8 Å². The number of anilines is 2. The van der Waals surface area contributed by atoms with Crippen molar-refractivity contribution in [3.8, 4) is 11.5 Å². The van der Waals surface area contributed by atoms with E-state index in [4.69, 9.17) is 5.73 Å². The number of nitrogen functional groups attached to an aromatic ring is 1.